The summed E-state index contributed by atoms with van der Waals surface area (Å²) in [5.41, 5.74) is -1.21. The molecule has 0 radical (unpaired) electrons. The molecule has 0 nitrogen and oxygen atoms in total. The van der Waals surface area contributed by atoms with Gasteiger partial charge in [0.2, 0.25) is 0 Å². The summed E-state index contributed by atoms with van der Waals surface area (Å²) < 4.78 is 13.1. The second-order valence-corrected chi connectivity index (χ2v) is 5.33. The molecule has 2 aliphatic rings. The average Bonchev–Trinajstić information content (AvgIpc) is 2.24. The van der Waals surface area contributed by atoms with E-state index in [0.717, 1.165) is 38.5 Å². The van der Waals surface area contributed by atoms with E-state index in [2.05, 4.69) is 23.7 Å². The Morgan fingerprint density at radius 2 is 1.22 bits per heavy atom. The first-order valence-electron chi connectivity index (χ1n) is 7.35. The second kappa shape index (κ2) is 9.04. The Bertz CT molecular complexity index is 320. The van der Waals surface area contributed by atoms with Gasteiger partial charge in [-0.15, -0.1) is 11.8 Å². The Labute approximate surface area is 112 Å². The molecule has 2 rings (SSSR count). The van der Waals surface area contributed by atoms with Crippen LogP contribution in [0, 0.1) is 23.7 Å². The highest BCUT2D eigenvalue weighted by molar-refractivity contribution is 5.12. The van der Waals surface area contributed by atoms with Crippen molar-refractivity contribution in [2.24, 2.45) is 0 Å². The maximum absolute atomic E-state index is 13.1. The molecular formula is C17H25F. The Morgan fingerprint density at radius 1 is 0.722 bits per heavy atom. The molecule has 0 spiro atoms. The van der Waals surface area contributed by atoms with Crippen LogP contribution in [0.25, 0.3) is 0 Å². The van der Waals surface area contributed by atoms with Gasteiger partial charge in [0.25, 0.3) is 0 Å². The quantitative estimate of drug-likeness (QED) is 0.528. The van der Waals surface area contributed by atoms with Crippen LogP contribution in [0.3, 0.4) is 0 Å². The summed E-state index contributed by atoms with van der Waals surface area (Å²) in [5, 5.41) is 0. The predicted molar refractivity (Wildman–Crippen MR) is 75.9 cm³/mol. The number of rotatable bonds is 0. The summed E-state index contributed by atoms with van der Waals surface area (Å²) in [5.74, 6) is 11.8. The lowest BCUT2D eigenvalue weighted by Crippen LogP contribution is -2.15. The minimum absolute atomic E-state index is 0.611. The first-order chi connectivity index (χ1) is 8.71. The summed E-state index contributed by atoms with van der Waals surface area (Å²) in [7, 11) is 0. The number of hydrogen-bond acceptors (Lipinski definition) is 0. The topological polar surface area (TPSA) is 0 Å². The second-order valence-electron chi connectivity index (χ2n) is 5.33. The van der Waals surface area contributed by atoms with Crippen molar-refractivity contribution in [3.05, 3.63) is 0 Å². The molecule has 0 aromatic carbocycles. The van der Waals surface area contributed by atoms with Gasteiger partial charge in [-0.1, -0.05) is 31.1 Å². The monoisotopic (exact) mass is 248 g/mol. The Morgan fingerprint density at radius 3 is 1.83 bits per heavy atom. The molecule has 0 heterocycles. The van der Waals surface area contributed by atoms with E-state index in [9.17, 15) is 4.39 Å². The Kier molecular flexibility index (Phi) is 7.59. The standard InChI is InChI=1S/C9H13F.C8H12/c1-9(10)7-5-3-2-4-6-8-9;1-2-4-6-8-7-5-3-1/h2-5,7H2,1H3;1-6H2. The van der Waals surface area contributed by atoms with Gasteiger partial charge < -0.3 is 0 Å². The van der Waals surface area contributed by atoms with Crippen molar-refractivity contribution in [2.45, 2.75) is 83.2 Å². The molecule has 0 fully saturated rings. The molecule has 0 amide bonds. The molecule has 1 unspecified atom stereocenters. The maximum atomic E-state index is 13.1. The normalized spacial score (nSPS) is 27.4. The van der Waals surface area contributed by atoms with Crippen LogP contribution < -0.4 is 0 Å². The third-order valence-corrected chi connectivity index (χ3v) is 3.28. The minimum Gasteiger partial charge on any atom is -0.230 e. The zero-order valence-electron chi connectivity index (χ0n) is 11.7. The van der Waals surface area contributed by atoms with Gasteiger partial charge in [-0.2, -0.15) is 0 Å². The van der Waals surface area contributed by atoms with E-state index in [-0.39, 0.29) is 0 Å². The fraction of sp³-hybridized carbons (Fsp3) is 0.765. The van der Waals surface area contributed by atoms with Crippen LogP contribution in [0.1, 0.15) is 77.6 Å². The van der Waals surface area contributed by atoms with Crippen LogP contribution in [0.2, 0.25) is 0 Å². The fourth-order valence-electron chi connectivity index (χ4n) is 2.11. The first-order valence-corrected chi connectivity index (χ1v) is 7.35. The van der Waals surface area contributed by atoms with Gasteiger partial charge in [-0.25, -0.2) is 4.39 Å². The molecule has 2 aliphatic carbocycles. The van der Waals surface area contributed by atoms with E-state index in [0.29, 0.717) is 6.42 Å². The highest BCUT2D eigenvalue weighted by Gasteiger charge is 2.19. The van der Waals surface area contributed by atoms with Gasteiger partial charge in [0.1, 0.15) is 0 Å². The molecule has 1 atom stereocenters. The van der Waals surface area contributed by atoms with Crippen molar-refractivity contribution in [3.8, 4) is 23.7 Å². The zero-order valence-corrected chi connectivity index (χ0v) is 11.7. The van der Waals surface area contributed by atoms with Crippen molar-refractivity contribution >= 4 is 0 Å². The van der Waals surface area contributed by atoms with E-state index in [4.69, 9.17) is 0 Å². The number of hydrogen-bond donors (Lipinski definition) is 0. The molecule has 0 saturated heterocycles. The van der Waals surface area contributed by atoms with Gasteiger partial charge in [0, 0.05) is 19.3 Å². The minimum atomic E-state index is -1.21. The molecule has 100 valence electrons. The van der Waals surface area contributed by atoms with Gasteiger partial charge in [-0.05, 0) is 39.0 Å². The molecule has 0 aromatic rings. The van der Waals surface area contributed by atoms with Crippen molar-refractivity contribution in [1.82, 2.24) is 0 Å². The third-order valence-electron chi connectivity index (χ3n) is 3.28. The third kappa shape index (κ3) is 8.19. The van der Waals surface area contributed by atoms with Crippen LogP contribution in [0.5, 0.6) is 0 Å². The van der Waals surface area contributed by atoms with Crippen molar-refractivity contribution in [2.75, 3.05) is 0 Å². The lowest BCUT2D eigenvalue weighted by atomic mass is 9.98. The van der Waals surface area contributed by atoms with Crippen LogP contribution in [0.4, 0.5) is 4.39 Å². The molecule has 18 heavy (non-hydrogen) atoms. The van der Waals surface area contributed by atoms with Crippen molar-refractivity contribution in [1.29, 1.82) is 0 Å². The summed E-state index contributed by atoms with van der Waals surface area (Å²) in [6, 6.07) is 0. The summed E-state index contributed by atoms with van der Waals surface area (Å²) in [4.78, 5) is 0. The number of alkyl halides is 1. The Balaban J connectivity index is 0.000000184. The highest BCUT2D eigenvalue weighted by Crippen LogP contribution is 2.20. The van der Waals surface area contributed by atoms with E-state index in [1.807, 2.05) is 0 Å². The van der Waals surface area contributed by atoms with Gasteiger partial charge in [0.15, 0.2) is 5.67 Å². The van der Waals surface area contributed by atoms with Gasteiger partial charge >= 0.3 is 0 Å². The molecule has 1 heteroatoms. The SMILES string of the molecule is C1#CCCCCCC1.CC1(F)C#CCCCCC1. The maximum Gasteiger partial charge on any atom is 0.168 e. The number of halogens is 1. The van der Waals surface area contributed by atoms with E-state index in [1.165, 1.54) is 25.7 Å². The first kappa shape index (κ1) is 15.1. The lowest BCUT2D eigenvalue weighted by molar-refractivity contribution is 0.244. The molecule has 0 saturated carbocycles. The zero-order chi connectivity index (χ0) is 13.1. The van der Waals surface area contributed by atoms with Crippen LogP contribution in [0.15, 0.2) is 0 Å². The summed E-state index contributed by atoms with van der Waals surface area (Å²) >= 11 is 0. The smallest absolute Gasteiger partial charge is 0.168 e. The molecule has 0 aromatic heterocycles. The van der Waals surface area contributed by atoms with E-state index in [1.54, 1.807) is 6.92 Å². The summed E-state index contributed by atoms with van der Waals surface area (Å²) in [6.45, 7) is 1.57. The molecule has 0 N–H and O–H groups in total. The molecular weight excluding hydrogens is 223 g/mol. The fourth-order valence-corrected chi connectivity index (χ4v) is 2.11. The van der Waals surface area contributed by atoms with Crippen LogP contribution >= 0.6 is 0 Å². The van der Waals surface area contributed by atoms with Crippen LogP contribution in [-0.4, -0.2) is 5.67 Å². The van der Waals surface area contributed by atoms with Crippen LogP contribution in [-0.2, 0) is 0 Å². The largest absolute Gasteiger partial charge is 0.230 e. The van der Waals surface area contributed by atoms with Gasteiger partial charge in [-0.3, -0.25) is 0 Å². The Hall–Kier alpha value is -0.950. The molecule has 0 bridgehead atoms. The highest BCUT2D eigenvalue weighted by atomic mass is 19.1. The summed E-state index contributed by atoms with van der Waals surface area (Å²) in [6.07, 6.45) is 12.5. The van der Waals surface area contributed by atoms with Crippen molar-refractivity contribution < 1.29 is 4.39 Å². The van der Waals surface area contributed by atoms with E-state index < -0.39 is 5.67 Å². The molecule has 0 aliphatic heterocycles. The van der Waals surface area contributed by atoms with E-state index >= 15 is 0 Å². The lowest BCUT2D eigenvalue weighted by Gasteiger charge is -2.14. The van der Waals surface area contributed by atoms with Gasteiger partial charge in [0.05, 0.1) is 0 Å². The van der Waals surface area contributed by atoms with Crippen molar-refractivity contribution in [3.63, 3.8) is 0 Å². The average molecular weight is 248 g/mol. The predicted octanol–water partition coefficient (Wildman–Crippen LogP) is 5.03.